The van der Waals surface area contributed by atoms with Crippen molar-refractivity contribution < 1.29 is 0 Å². The first kappa shape index (κ1) is 12.1. The number of hydrogen-bond donors (Lipinski definition) is 1. The highest BCUT2D eigenvalue weighted by Gasteiger charge is 2.16. The summed E-state index contributed by atoms with van der Waals surface area (Å²) in [5.41, 5.74) is 2.38. The smallest absolute Gasteiger partial charge is 0.0839 e. The second-order valence-electron chi connectivity index (χ2n) is 3.59. The number of halogens is 1. The van der Waals surface area contributed by atoms with Crippen LogP contribution in [0.3, 0.4) is 0 Å². The largest absolute Gasteiger partial charge is 0.305 e. The lowest BCUT2D eigenvalue weighted by molar-refractivity contribution is 0.601. The first-order valence-corrected chi connectivity index (χ1v) is 7.13. The molecule has 1 atom stereocenters. The van der Waals surface area contributed by atoms with E-state index in [0.29, 0.717) is 0 Å². The molecule has 0 spiro atoms. The van der Waals surface area contributed by atoms with Gasteiger partial charge in [0.2, 0.25) is 0 Å². The molecule has 0 bridgehead atoms. The van der Waals surface area contributed by atoms with Gasteiger partial charge in [0.15, 0.2) is 0 Å². The Kier molecular flexibility index (Phi) is 3.99. The predicted octanol–water partition coefficient (Wildman–Crippen LogP) is 2.79. The molecule has 3 nitrogen and oxygen atoms in total. The summed E-state index contributed by atoms with van der Waals surface area (Å²) in [6.45, 7) is 3.06. The van der Waals surface area contributed by atoms with Crippen LogP contribution in [0.15, 0.2) is 23.7 Å². The van der Waals surface area contributed by atoms with Crippen LogP contribution in [0.4, 0.5) is 0 Å². The Morgan fingerprint density at radius 3 is 2.94 bits per heavy atom. The fourth-order valence-corrected chi connectivity index (χ4v) is 3.06. The normalized spacial score (nSPS) is 12.9. The minimum Gasteiger partial charge on any atom is -0.305 e. The van der Waals surface area contributed by atoms with E-state index in [9.17, 15) is 0 Å². The molecule has 0 aliphatic rings. The van der Waals surface area contributed by atoms with E-state index in [-0.39, 0.29) is 6.04 Å². The van der Waals surface area contributed by atoms with E-state index >= 15 is 0 Å². The van der Waals surface area contributed by atoms with Gasteiger partial charge in [-0.25, -0.2) is 0 Å². The number of rotatable bonds is 4. The number of aryl methyl sites for hydroxylation is 1. The molecule has 0 amide bonds. The molecule has 0 radical (unpaired) electrons. The SMILES string of the molecule is CCNC(c1csc(I)c1)c1ccn(C)n1. The van der Waals surface area contributed by atoms with Gasteiger partial charge in [0.05, 0.1) is 14.6 Å². The second-order valence-corrected chi connectivity index (χ2v) is 6.39. The average Bonchev–Trinajstić information content (AvgIpc) is 2.84. The topological polar surface area (TPSA) is 29.9 Å². The van der Waals surface area contributed by atoms with Crippen LogP contribution in [0.2, 0.25) is 0 Å². The zero-order valence-corrected chi connectivity index (χ0v) is 12.2. The maximum Gasteiger partial charge on any atom is 0.0839 e. The molecule has 1 N–H and O–H groups in total. The van der Waals surface area contributed by atoms with Crippen LogP contribution in [0.5, 0.6) is 0 Å². The third kappa shape index (κ3) is 2.64. The molecular formula is C11H14IN3S. The van der Waals surface area contributed by atoms with Crippen molar-refractivity contribution in [3.63, 3.8) is 0 Å². The standard InChI is InChI=1S/C11H14IN3S/c1-3-13-11(8-6-10(12)16-7-8)9-4-5-15(2)14-9/h4-7,11,13H,3H2,1-2H3. The van der Waals surface area contributed by atoms with Crippen molar-refractivity contribution in [2.75, 3.05) is 6.54 Å². The lowest BCUT2D eigenvalue weighted by atomic mass is 10.1. The molecular weight excluding hydrogens is 333 g/mol. The van der Waals surface area contributed by atoms with Gasteiger partial charge in [0.1, 0.15) is 0 Å². The van der Waals surface area contributed by atoms with E-state index in [0.717, 1.165) is 12.2 Å². The van der Waals surface area contributed by atoms with Crippen molar-refractivity contribution in [2.24, 2.45) is 7.05 Å². The summed E-state index contributed by atoms with van der Waals surface area (Å²) in [5.74, 6) is 0. The lowest BCUT2D eigenvalue weighted by Gasteiger charge is -2.14. The van der Waals surface area contributed by atoms with Crippen LogP contribution in [-0.2, 0) is 7.05 Å². The third-order valence-electron chi connectivity index (χ3n) is 2.36. The molecule has 2 heterocycles. The monoisotopic (exact) mass is 347 g/mol. The lowest BCUT2D eigenvalue weighted by Crippen LogP contribution is -2.22. The van der Waals surface area contributed by atoms with Gasteiger partial charge in [-0.1, -0.05) is 6.92 Å². The van der Waals surface area contributed by atoms with Gasteiger partial charge < -0.3 is 5.32 Å². The Morgan fingerprint density at radius 2 is 2.44 bits per heavy atom. The Balaban J connectivity index is 2.30. The highest BCUT2D eigenvalue weighted by Crippen LogP contribution is 2.26. The number of aromatic nitrogens is 2. The first-order chi connectivity index (χ1) is 7.70. The van der Waals surface area contributed by atoms with Gasteiger partial charge in [-0.05, 0) is 52.2 Å². The van der Waals surface area contributed by atoms with Gasteiger partial charge >= 0.3 is 0 Å². The van der Waals surface area contributed by atoms with Crippen LogP contribution in [0, 0.1) is 2.88 Å². The molecule has 0 saturated heterocycles. The molecule has 1 unspecified atom stereocenters. The molecule has 0 aromatic carbocycles. The minimum atomic E-state index is 0.214. The Bertz CT molecular complexity index is 423. The fourth-order valence-electron chi connectivity index (χ4n) is 1.66. The summed E-state index contributed by atoms with van der Waals surface area (Å²) >= 11 is 4.12. The molecule has 2 aromatic heterocycles. The van der Waals surface area contributed by atoms with Crippen LogP contribution >= 0.6 is 33.9 Å². The number of nitrogens with zero attached hydrogens (tertiary/aromatic N) is 2. The minimum absolute atomic E-state index is 0.214. The van der Waals surface area contributed by atoms with Gasteiger partial charge in [-0.15, -0.1) is 11.3 Å². The molecule has 0 fully saturated rings. The fraction of sp³-hybridized carbons (Fsp3) is 0.364. The van der Waals surface area contributed by atoms with E-state index < -0.39 is 0 Å². The Hall–Kier alpha value is -0.400. The third-order valence-corrected chi connectivity index (χ3v) is 4.17. The van der Waals surface area contributed by atoms with Gasteiger partial charge in [0.25, 0.3) is 0 Å². The average molecular weight is 347 g/mol. The number of hydrogen-bond acceptors (Lipinski definition) is 3. The summed E-state index contributed by atoms with van der Waals surface area (Å²) in [6, 6.07) is 4.50. The molecule has 5 heteroatoms. The van der Waals surface area contributed by atoms with E-state index in [1.54, 1.807) is 11.3 Å². The highest BCUT2D eigenvalue weighted by molar-refractivity contribution is 14.1. The zero-order valence-electron chi connectivity index (χ0n) is 9.27. The zero-order chi connectivity index (χ0) is 11.5. The maximum atomic E-state index is 4.47. The quantitative estimate of drug-likeness (QED) is 0.862. The van der Waals surface area contributed by atoms with E-state index in [2.05, 4.69) is 57.4 Å². The second kappa shape index (κ2) is 5.29. The van der Waals surface area contributed by atoms with E-state index in [4.69, 9.17) is 0 Å². The van der Waals surface area contributed by atoms with Crippen LogP contribution in [0.1, 0.15) is 24.2 Å². The number of thiophene rings is 1. The van der Waals surface area contributed by atoms with Gasteiger partial charge in [-0.2, -0.15) is 5.10 Å². The van der Waals surface area contributed by atoms with Crippen molar-refractivity contribution in [1.29, 1.82) is 0 Å². The van der Waals surface area contributed by atoms with Crippen molar-refractivity contribution >= 4 is 33.9 Å². The molecule has 0 aliphatic heterocycles. The van der Waals surface area contributed by atoms with E-state index in [1.807, 2.05) is 17.9 Å². The Morgan fingerprint density at radius 1 is 1.62 bits per heavy atom. The van der Waals surface area contributed by atoms with Crippen LogP contribution in [0.25, 0.3) is 0 Å². The molecule has 2 rings (SSSR count). The predicted molar refractivity (Wildman–Crippen MR) is 75.8 cm³/mol. The number of nitrogens with one attached hydrogen (secondary N) is 1. The molecule has 16 heavy (non-hydrogen) atoms. The summed E-state index contributed by atoms with van der Waals surface area (Å²) in [7, 11) is 1.95. The molecule has 86 valence electrons. The Labute approximate surface area is 113 Å². The summed E-state index contributed by atoms with van der Waals surface area (Å²) in [4.78, 5) is 0. The summed E-state index contributed by atoms with van der Waals surface area (Å²) in [5, 5.41) is 10.1. The van der Waals surface area contributed by atoms with Gasteiger partial charge in [-0.3, -0.25) is 4.68 Å². The van der Waals surface area contributed by atoms with Crippen molar-refractivity contribution in [3.8, 4) is 0 Å². The van der Waals surface area contributed by atoms with Gasteiger partial charge in [0, 0.05) is 13.2 Å². The summed E-state index contributed by atoms with van der Waals surface area (Å²) < 4.78 is 3.16. The highest BCUT2D eigenvalue weighted by atomic mass is 127. The first-order valence-electron chi connectivity index (χ1n) is 5.17. The molecule has 0 saturated carbocycles. The maximum absolute atomic E-state index is 4.47. The van der Waals surface area contributed by atoms with Crippen molar-refractivity contribution in [2.45, 2.75) is 13.0 Å². The van der Waals surface area contributed by atoms with Crippen molar-refractivity contribution in [1.82, 2.24) is 15.1 Å². The summed E-state index contributed by atoms with van der Waals surface area (Å²) in [6.07, 6.45) is 1.98. The molecule has 2 aromatic rings. The molecule has 0 aliphatic carbocycles. The van der Waals surface area contributed by atoms with E-state index in [1.165, 1.54) is 8.45 Å². The van der Waals surface area contributed by atoms with Crippen LogP contribution in [-0.4, -0.2) is 16.3 Å². The van der Waals surface area contributed by atoms with Crippen molar-refractivity contribution in [3.05, 3.63) is 37.9 Å². The van der Waals surface area contributed by atoms with Crippen LogP contribution < -0.4 is 5.32 Å².